The lowest BCUT2D eigenvalue weighted by Crippen LogP contribution is -2.34. The number of carbonyl (C=O) groups is 1. The van der Waals surface area contributed by atoms with Crippen molar-refractivity contribution in [2.75, 3.05) is 13.1 Å². The summed E-state index contributed by atoms with van der Waals surface area (Å²) in [5.41, 5.74) is 2.25. The van der Waals surface area contributed by atoms with Crippen molar-refractivity contribution in [3.8, 4) is 0 Å². The van der Waals surface area contributed by atoms with E-state index in [9.17, 15) is 4.79 Å². The average molecular weight is 320 g/mol. The highest BCUT2D eigenvalue weighted by Crippen LogP contribution is 2.17. The minimum Gasteiger partial charge on any atom is -0.444 e. The maximum absolute atomic E-state index is 11.5. The number of ether oxygens (including phenoxy) is 1. The molecule has 0 heterocycles. The van der Waals surface area contributed by atoms with Gasteiger partial charge in [-0.1, -0.05) is 38.1 Å². The SMILES string of the molecule is CCc1ccc(C(CC)NCCCNC(=O)OC(C)(C)C)cc1. The normalized spacial score (nSPS) is 12.7. The lowest BCUT2D eigenvalue weighted by atomic mass is 10.0. The van der Waals surface area contributed by atoms with Crippen LogP contribution in [0, 0.1) is 0 Å². The number of benzene rings is 1. The van der Waals surface area contributed by atoms with Gasteiger partial charge in [-0.2, -0.15) is 0 Å². The highest BCUT2D eigenvalue weighted by atomic mass is 16.6. The Bertz CT molecular complexity index is 463. The first-order valence-corrected chi connectivity index (χ1v) is 8.64. The molecule has 2 N–H and O–H groups in total. The summed E-state index contributed by atoms with van der Waals surface area (Å²) in [6, 6.07) is 9.17. The number of carbonyl (C=O) groups excluding carboxylic acids is 1. The molecule has 0 aromatic heterocycles. The van der Waals surface area contributed by atoms with E-state index in [1.54, 1.807) is 0 Å². The predicted molar refractivity (Wildman–Crippen MR) is 95.7 cm³/mol. The van der Waals surface area contributed by atoms with Gasteiger partial charge in [-0.25, -0.2) is 4.79 Å². The van der Waals surface area contributed by atoms with Gasteiger partial charge in [0.15, 0.2) is 0 Å². The molecule has 1 aromatic rings. The largest absolute Gasteiger partial charge is 0.444 e. The van der Waals surface area contributed by atoms with Gasteiger partial charge in [-0.3, -0.25) is 0 Å². The van der Waals surface area contributed by atoms with Gasteiger partial charge in [-0.15, -0.1) is 0 Å². The van der Waals surface area contributed by atoms with E-state index >= 15 is 0 Å². The number of nitrogens with one attached hydrogen (secondary N) is 2. The van der Waals surface area contributed by atoms with Crippen molar-refractivity contribution < 1.29 is 9.53 Å². The third-order valence-electron chi connectivity index (χ3n) is 3.61. The summed E-state index contributed by atoms with van der Waals surface area (Å²) in [6.45, 7) is 11.4. The number of hydrogen-bond acceptors (Lipinski definition) is 3. The Morgan fingerprint density at radius 1 is 1.13 bits per heavy atom. The second-order valence-corrected chi connectivity index (χ2v) is 6.79. The van der Waals surface area contributed by atoms with Crippen molar-refractivity contribution in [1.29, 1.82) is 0 Å². The lowest BCUT2D eigenvalue weighted by Gasteiger charge is -2.20. The summed E-state index contributed by atoms with van der Waals surface area (Å²) in [7, 11) is 0. The molecular weight excluding hydrogens is 288 g/mol. The third-order valence-corrected chi connectivity index (χ3v) is 3.61. The zero-order valence-electron chi connectivity index (χ0n) is 15.2. The molecule has 1 rings (SSSR count). The number of amides is 1. The van der Waals surface area contributed by atoms with E-state index in [0.29, 0.717) is 12.6 Å². The monoisotopic (exact) mass is 320 g/mol. The zero-order chi connectivity index (χ0) is 17.3. The fraction of sp³-hybridized carbons (Fsp3) is 0.632. The molecule has 1 atom stereocenters. The van der Waals surface area contributed by atoms with Crippen LogP contribution in [-0.4, -0.2) is 24.8 Å². The molecule has 0 saturated carbocycles. The van der Waals surface area contributed by atoms with Gasteiger partial charge < -0.3 is 15.4 Å². The van der Waals surface area contributed by atoms with Crippen LogP contribution >= 0.6 is 0 Å². The smallest absolute Gasteiger partial charge is 0.407 e. The van der Waals surface area contributed by atoms with Crippen LogP contribution in [0.4, 0.5) is 4.79 Å². The van der Waals surface area contributed by atoms with E-state index in [4.69, 9.17) is 4.74 Å². The number of alkyl carbamates (subject to hydrolysis) is 1. The van der Waals surface area contributed by atoms with Crippen molar-refractivity contribution in [3.05, 3.63) is 35.4 Å². The maximum atomic E-state index is 11.5. The Hall–Kier alpha value is -1.55. The zero-order valence-corrected chi connectivity index (χ0v) is 15.2. The van der Waals surface area contributed by atoms with Crippen molar-refractivity contribution >= 4 is 6.09 Å². The minimum atomic E-state index is -0.444. The number of hydrogen-bond donors (Lipinski definition) is 2. The summed E-state index contributed by atoms with van der Waals surface area (Å²) in [5, 5.41) is 6.34. The molecule has 4 nitrogen and oxygen atoms in total. The summed E-state index contributed by atoms with van der Waals surface area (Å²) in [4.78, 5) is 11.5. The van der Waals surface area contributed by atoms with Crippen LogP contribution in [0.1, 0.15) is 64.6 Å². The van der Waals surface area contributed by atoms with Gasteiger partial charge >= 0.3 is 6.09 Å². The van der Waals surface area contributed by atoms with Crippen molar-refractivity contribution in [2.24, 2.45) is 0 Å². The molecule has 23 heavy (non-hydrogen) atoms. The van der Waals surface area contributed by atoms with Crippen LogP contribution < -0.4 is 10.6 Å². The van der Waals surface area contributed by atoms with Crippen LogP contribution in [0.15, 0.2) is 24.3 Å². The lowest BCUT2D eigenvalue weighted by molar-refractivity contribution is 0.0527. The molecule has 1 amide bonds. The molecule has 0 fully saturated rings. The number of rotatable bonds is 8. The van der Waals surface area contributed by atoms with E-state index in [1.807, 2.05) is 20.8 Å². The van der Waals surface area contributed by atoms with Crippen LogP contribution in [0.5, 0.6) is 0 Å². The average Bonchev–Trinajstić information content (AvgIpc) is 2.49. The second-order valence-electron chi connectivity index (χ2n) is 6.79. The van der Waals surface area contributed by atoms with Crippen LogP contribution in [0.3, 0.4) is 0 Å². The quantitative estimate of drug-likeness (QED) is 0.706. The number of aryl methyl sites for hydroxylation is 1. The first-order valence-electron chi connectivity index (χ1n) is 8.64. The van der Waals surface area contributed by atoms with Gasteiger partial charge in [0.1, 0.15) is 5.60 Å². The molecular formula is C19H32N2O2. The summed E-state index contributed by atoms with van der Waals surface area (Å²) in [5.74, 6) is 0. The van der Waals surface area contributed by atoms with Gasteiger partial charge in [-0.05, 0) is 57.7 Å². The first-order chi connectivity index (χ1) is 10.9. The topological polar surface area (TPSA) is 50.4 Å². The summed E-state index contributed by atoms with van der Waals surface area (Å²) in [6.07, 6.45) is 2.65. The standard InChI is InChI=1S/C19H32N2O2/c1-6-15-9-11-16(12-10-15)17(7-2)20-13-8-14-21-18(22)23-19(3,4)5/h9-12,17,20H,6-8,13-14H2,1-5H3,(H,21,22). The predicted octanol–water partition coefficient (Wildman–Crippen LogP) is 4.20. The maximum Gasteiger partial charge on any atom is 0.407 e. The molecule has 0 aliphatic carbocycles. The van der Waals surface area contributed by atoms with Gasteiger partial charge in [0.05, 0.1) is 0 Å². The van der Waals surface area contributed by atoms with Gasteiger partial charge in [0.2, 0.25) is 0 Å². The van der Waals surface area contributed by atoms with E-state index in [-0.39, 0.29) is 6.09 Å². The van der Waals surface area contributed by atoms with Crippen LogP contribution in [0.2, 0.25) is 0 Å². The van der Waals surface area contributed by atoms with Crippen molar-refractivity contribution in [1.82, 2.24) is 10.6 Å². The fourth-order valence-electron chi connectivity index (χ4n) is 2.35. The highest BCUT2D eigenvalue weighted by Gasteiger charge is 2.15. The highest BCUT2D eigenvalue weighted by molar-refractivity contribution is 5.67. The molecule has 0 radical (unpaired) electrons. The Labute approximate surface area is 141 Å². The summed E-state index contributed by atoms with van der Waals surface area (Å²) >= 11 is 0. The van der Waals surface area contributed by atoms with E-state index in [2.05, 4.69) is 48.7 Å². The Balaban J connectivity index is 2.28. The van der Waals surface area contributed by atoms with E-state index in [1.165, 1.54) is 11.1 Å². The van der Waals surface area contributed by atoms with Crippen LogP contribution in [-0.2, 0) is 11.2 Å². The second kappa shape index (κ2) is 9.56. The molecule has 0 aliphatic rings. The molecule has 130 valence electrons. The Kier molecular flexibility index (Phi) is 8.10. The van der Waals surface area contributed by atoms with Crippen LogP contribution in [0.25, 0.3) is 0 Å². The summed E-state index contributed by atoms with van der Waals surface area (Å²) < 4.78 is 5.21. The Morgan fingerprint density at radius 2 is 1.78 bits per heavy atom. The van der Waals surface area contributed by atoms with Crippen molar-refractivity contribution in [3.63, 3.8) is 0 Å². The molecule has 0 saturated heterocycles. The minimum absolute atomic E-state index is 0.348. The van der Waals surface area contributed by atoms with Crippen molar-refractivity contribution in [2.45, 2.75) is 65.5 Å². The van der Waals surface area contributed by atoms with E-state index < -0.39 is 5.60 Å². The molecule has 0 spiro atoms. The molecule has 4 heteroatoms. The fourth-order valence-corrected chi connectivity index (χ4v) is 2.35. The van der Waals surface area contributed by atoms with Gasteiger partial charge in [0.25, 0.3) is 0 Å². The first kappa shape index (κ1) is 19.5. The van der Waals surface area contributed by atoms with Gasteiger partial charge in [0, 0.05) is 12.6 Å². The molecule has 1 unspecified atom stereocenters. The molecule has 0 bridgehead atoms. The third kappa shape index (κ3) is 8.03. The Morgan fingerprint density at radius 3 is 2.30 bits per heavy atom. The van der Waals surface area contributed by atoms with E-state index in [0.717, 1.165) is 25.8 Å². The molecule has 1 aromatic carbocycles. The molecule has 0 aliphatic heterocycles.